The van der Waals surface area contributed by atoms with E-state index in [9.17, 15) is 13.2 Å². The van der Waals surface area contributed by atoms with Crippen LogP contribution in [0.25, 0.3) is 0 Å². The first-order valence-electron chi connectivity index (χ1n) is 10.3. The Morgan fingerprint density at radius 2 is 1.68 bits per heavy atom. The summed E-state index contributed by atoms with van der Waals surface area (Å²) in [5.41, 5.74) is 3.93. The maximum atomic E-state index is 13.2. The van der Waals surface area contributed by atoms with Crippen LogP contribution in [-0.2, 0) is 14.8 Å². The largest absolute Gasteiger partial charge is 0.493 e. The minimum absolute atomic E-state index is 0.122. The molecule has 3 rings (SSSR count). The molecule has 1 atom stereocenters. The monoisotopic (exact) mass is 446 g/mol. The average Bonchev–Trinajstić information content (AvgIpc) is 2.75. The van der Waals surface area contributed by atoms with E-state index in [1.165, 1.54) is 30.7 Å². The Morgan fingerprint density at radius 3 is 2.29 bits per heavy atom. The van der Waals surface area contributed by atoms with E-state index in [0.29, 0.717) is 30.9 Å². The SMILES string of the molecule is COc1ccc(S(=O)(=O)N2CCC[C@@H](C(=O)Nc3c(C)cc(C)cc3C)C2)cc1OC. The number of rotatable bonds is 6. The maximum absolute atomic E-state index is 13.2. The van der Waals surface area contributed by atoms with Crippen molar-refractivity contribution in [2.24, 2.45) is 5.92 Å². The first-order valence-corrected chi connectivity index (χ1v) is 11.7. The van der Waals surface area contributed by atoms with Gasteiger partial charge in [0.1, 0.15) is 0 Å². The lowest BCUT2D eigenvalue weighted by molar-refractivity contribution is -0.120. The Morgan fingerprint density at radius 1 is 1.03 bits per heavy atom. The molecule has 1 saturated heterocycles. The van der Waals surface area contributed by atoms with E-state index in [1.807, 2.05) is 32.9 Å². The number of carbonyl (C=O) groups is 1. The van der Waals surface area contributed by atoms with Crippen molar-refractivity contribution in [3.05, 3.63) is 47.0 Å². The van der Waals surface area contributed by atoms with E-state index in [4.69, 9.17) is 9.47 Å². The summed E-state index contributed by atoms with van der Waals surface area (Å²) in [5.74, 6) is 0.243. The third kappa shape index (κ3) is 4.85. The molecule has 31 heavy (non-hydrogen) atoms. The number of ether oxygens (including phenoxy) is 2. The number of methoxy groups -OCH3 is 2. The van der Waals surface area contributed by atoms with Crippen LogP contribution in [0.5, 0.6) is 11.5 Å². The highest BCUT2D eigenvalue weighted by Gasteiger charge is 2.34. The average molecular weight is 447 g/mol. The minimum Gasteiger partial charge on any atom is -0.493 e. The Kier molecular flexibility index (Phi) is 6.91. The zero-order valence-corrected chi connectivity index (χ0v) is 19.5. The number of hydrogen-bond donors (Lipinski definition) is 1. The van der Waals surface area contributed by atoms with Crippen LogP contribution in [0.15, 0.2) is 35.2 Å². The van der Waals surface area contributed by atoms with Crippen molar-refractivity contribution < 1.29 is 22.7 Å². The quantitative estimate of drug-likeness (QED) is 0.732. The van der Waals surface area contributed by atoms with Crippen molar-refractivity contribution in [3.8, 4) is 11.5 Å². The fourth-order valence-electron chi connectivity index (χ4n) is 4.10. The molecule has 0 aromatic heterocycles. The molecule has 1 aliphatic rings. The number of piperidine rings is 1. The molecule has 1 fully saturated rings. The first kappa shape index (κ1) is 23.1. The van der Waals surface area contributed by atoms with Gasteiger partial charge in [-0.2, -0.15) is 4.31 Å². The van der Waals surface area contributed by atoms with Crippen molar-refractivity contribution in [1.29, 1.82) is 0 Å². The zero-order valence-electron chi connectivity index (χ0n) is 18.7. The van der Waals surface area contributed by atoms with Crippen LogP contribution in [0.1, 0.15) is 29.5 Å². The molecule has 1 aliphatic heterocycles. The molecule has 168 valence electrons. The Balaban J connectivity index is 1.79. The van der Waals surface area contributed by atoms with Crippen LogP contribution < -0.4 is 14.8 Å². The van der Waals surface area contributed by atoms with Gasteiger partial charge in [0.05, 0.1) is 25.0 Å². The molecule has 0 saturated carbocycles. The molecule has 0 bridgehead atoms. The molecule has 2 aromatic carbocycles. The second kappa shape index (κ2) is 9.28. The Bertz CT molecular complexity index is 1060. The van der Waals surface area contributed by atoms with E-state index in [0.717, 1.165) is 22.4 Å². The topological polar surface area (TPSA) is 84.9 Å². The standard InChI is InChI=1S/C23H30N2O5S/c1-15-11-16(2)22(17(3)12-15)24-23(26)18-7-6-10-25(14-18)31(27,28)19-8-9-20(29-4)21(13-19)30-5/h8-9,11-13,18H,6-7,10,14H2,1-5H3,(H,24,26)/t18-/m1/s1. The van der Waals surface area contributed by atoms with Crippen molar-refractivity contribution in [2.45, 2.75) is 38.5 Å². The summed E-state index contributed by atoms with van der Waals surface area (Å²) in [6.45, 7) is 6.47. The number of aryl methyl sites for hydroxylation is 3. The number of nitrogens with zero attached hydrogens (tertiary/aromatic N) is 1. The van der Waals surface area contributed by atoms with Crippen LogP contribution in [0.2, 0.25) is 0 Å². The fraction of sp³-hybridized carbons (Fsp3) is 0.435. The summed E-state index contributed by atoms with van der Waals surface area (Å²) in [6, 6.07) is 8.58. The van der Waals surface area contributed by atoms with Crippen molar-refractivity contribution >= 4 is 21.6 Å². The molecule has 1 heterocycles. The summed E-state index contributed by atoms with van der Waals surface area (Å²) >= 11 is 0. The van der Waals surface area contributed by atoms with Gasteiger partial charge in [0.2, 0.25) is 15.9 Å². The number of hydrogen-bond acceptors (Lipinski definition) is 5. The second-order valence-electron chi connectivity index (χ2n) is 7.98. The van der Waals surface area contributed by atoms with Gasteiger partial charge in [-0.1, -0.05) is 17.7 Å². The van der Waals surface area contributed by atoms with Crippen molar-refractivity contribution in [1.82, 2.24) is 4.31 Å². The molecule has 1 amide bonds. The lowest BCUT2D eigenvalue weighted by Gasteiger charge is -2.31. The summed E-state index contributed by atoms with van der Waals surface area (Å²) < 4.78 is 38.3. The van der Waals surface area contributed by atoms with Gasteiger partial charge in [0, 0.05) is 24.8 Å². The van der Waals surface area contributed by atoms with Crippen LogP contribution in [-0.4, -0.2) is 45.9 Å². The predicted octanol–water partition coefficient (Wildman–Crippen LogP) is 3.67. The zero-order chi connectivity index (χ0) is 22.8. The second-order valence-corrected chi connectivity index (χ2v) is 9.92. The Labute approximate surface area is 184 Å². The van der Waals surface area contributed by atoms with E-state index < -0.39 is 15.9 Å². The lowest BCUT2D eigenvalue weighted by Crippen LogP contribution is -2.43. The number of sulfonamides is 1. The van der Waals surface area contributed by atoms with Crippen LogP contribution in [0.3, 0.4) is 0 Å². The van der Waals surface area contributed by atoms with E-state index >= 15 is 0 Å². The first-order chi connectivity index (χ1) is 14.7. The van der Waals surface area contributed by atoms with Gasteiger partial charge in [0.25, 0.3) is 0 Å². The molecular weight excluding hydrogens is 416 g/mol. The molecule has 1 N–H and O–H groups in total. The number of nitrogens with one attached hydrogen (secondary N) is 1. The van der Waals surface area contributed by atoms with Gasteiger partial charge in [-0.05, 0) is 56.9 Å². The lowest BCUT2D eigenvalue weighted by atomic mass is 9.98. The third-order valence-corrected chi connectivity index (χ3v) is 7.53. The summed E-state index contributed by atoms with van der Waals surface area (Å²) in [5, 5.41) is 3.02. The number of carbonyl (C=O) groups excluding carboxylic acids is 1. The smallest absolute Gasteiger partial charge is 0.243 e. The van der Waals surface area contributed by atoms with Gasteiger partial charge in [0.15, 0.2) is 11.5 Å². The molecule has 0 unspecified atom stereocenters. The van der Waals surface area contributed by atoms with Crippen molar-refractivity contribution in [2.75, 3.05) is 32.6 Å². The molecule has 8 heteroatoms. The van der Waals surface area contributed by atoms with E-state index in [2.05, 4.69) is 5.32 Å². The van der Waals surface area contributed by atoms with Crippen LogP contribution in [0.4, 0.5) is 5.69 Å². The summed E-state index contributed by atoms with van der Waals surface area (Å²) in [4.78, 5) is 13.1. The number of benzene rings is 2. The highest BCUT2D eigenvalue weighted by molar-refractivity contribution is 7.89. The minimum atomic E-state index is -3.76. The van der Waals surface area contributed by atoms with Crippen LogP contribution >= 0.6 is 0 Å². The third-order valence-electron chi connectivity index (χ3n) is 5.67. The molecule has 0 spiro atoms. The summed E-state index contributed by atoms with van der Waals surface area (Å²) in [7, 11) is -0.803. The van der Waals surface area contributed by atoms with Gasteiger partial charge < -0.3 is 14.8 Å². The van der Waals surface area contributed by atoms with Gasteiger partial charge in [-0.25, -0.2) is 8.42 Å². The van der Waals surface area contributed by atoms with E-state index in [-0.39, 0.29) is 17.3 Å². The molecule has 0 aliphatic carbocycles. The normalized spacial score (nSPS) is 17.3. The Hall–Kier alpha value is -2.58. The van der Waals surface area contributed by atoms with Crippen LogP contribution in [0, 0.1) is 26.7 Å². The maximum Gasteiger partial charge on any atom is 0.243 e. The highest BCUT2D eigenvalue weighted by atomic mass is 32.2. The number of anilines is 1. The predicted molar refractivity (Wildman–Crippen MR) is 120 cm³/mol. The van der Waals surface area contributed by atoms with Gasteiger partial charge in [-0.3, -0.25) is 4.79 Å². The molecule has 7 nitrogen and oxygen atoms in total. The summed E-state index contributed by atoms with van der Waals surface area (Å²) in [6.07, 6.45) is 1.27. The molecular formula is C23H30N2O5S. The van der Waals surface area contributed by atoms with Gasteiger partial charge >= 0.3 is 0 Å². The highest BCUT2D eigenvalue weighted by Crippen LogP contribution is 2.32. The van der Waals surface area contributed by atoms with Gasteiger partial charge in [-0.15, -0.1) is 0 Å². The number of amides is 1. The van der Waals surface area contributed by atoms with E-state index in [1.54, 1.807) is 6.07 Å². The van der Waals surface area contributed by atoms with Crippen molar-refractivity contribution in [3.63, 3.8) is 0 Å². The molecule has 2 aromatic rings. The fourth-order valence-corrected chi connectivity index (χ4v) is 5.64. The molecule has 0 radical (unpaired) electrons.